The topological polar surface area (TPSA) is 26.0 Å². The highest BCUT2D eigenvalue weighted by atomic mass is 14.6. The summed E-state index contributed by atoms with van der Waals surface area (Å²) in [6.07, 6.45) is 4.92. The lowest BCUT2D eigenvalue weighted by molar-refractivity contribution is 0.432. The summed E-state index contributed by atoms with van der Waals surface area (Å²) in [5.74, 6) is 0.828. The molecule has 14 heavy (non-hydrogen) atoms. The zero-order chi connectivity index (χ0) is 9.97. The Labute approximate surface area is 86.3 Å². The van der Waals surface area contributed by atoms with Crippen LogP contribution in [0.15, 0.2) is 24.3 Å². The molecule has 1 aliphatic rings. The van der Waals surface area contributed by atoms with Crippen molar-refractivity contribution >= 4 is 0 Å². The zero-order valence-corrected chi connectivity index (χ0v) is 8.87. The van der Waals surface area contributed by atoms with Gasteiger partial charge in [-0.3, -0.25) is 0 Å². The van der Waals surface area contributed by atoms with Crippen molar-refractivity contribution in [3.8, 4) is 0 Å². The highest BCUT2D eigenvalue weighted by Gasteiger charge is 2.16. The van der Waals surface area contributed by atoms with Gasteiger partial charge in [0.15, 0.2) is 0 Å². The third-order valence-electron chi connectivity index (χ3n) is 3.33. The molecule has 1 aliphatic carbocycles. The second-order valence-electron chi connectivity index (χ2n) is 4.53. The predicted molar refractivity (Wildman–Crippen MR) is 60.1 cm³/mol. The van der Waals surface area contributed by atoms with Crippen molar-refractivity contribution < 1.29 is 0 Å². The first-order chi connectivity index (χ1) is 6.77. The van der Waals surface area contributed by atoms with Gasteiger partial charge in [0.2, 0.25) is 0 Å². The van der Waals surface area contributed by atoms with Gasteiger partial charge in [-0.05, 0) is 42.7 Å². The van der Waals surface area contributed by atoms with E-state index in [2.05, 4.69) is 31.2 Å². The molecule has 1 heteroatoms. The minimum atomic E-state index is 0.258. The molecule has 1 aromatic carbocycles. The van der Waals surface area contributed by atoms with Crippen LogP contribution in [-0.2, 0) is 6.42 Å². The molecule has 2 rings (SSSR count). The minimum absolute atomic E-state index is 0.258. The van der Waals surface area contributed by atoms with E-state index >= 15 is 0 Å². The number of benzene rings is 1. The summed E-state index contributed by atoms with van der Waals surface area (Å²) in [5.41, 5.74) is 9.02. The molecule has 0 bridgehead atoms. The Morgan fingerprint density at radius 2 is 1.93 bits per heavy atom. The van der Waals surface area contributed by atoms with Gasteiger partial charge in [-0.1, -0.05) is 31.2 Å². The standard InChI is InChI=1S/C13H19N/c1-10-6-8-11-4-2-3-5-12(11)13(14)9-7-10/h2-5,10,13H,6-9,14H2,1H3. The Balaban J connectivity index is 2.28. The van der Waals surface area contributed by atoms with Gasteiger partial charge in [0.1, 0.15) is 0 Å². The third kappa shape index (κ3) is 1.98. The lowest BCUT2D eigenvalue weighted by atomic mass is 9.86. The van der Waals surface area contributed by atoms with E-state index in [0.29, 0.717) is 0 Å². The van der Waals surface area contributed by atoms with Crippen LogP contribution in [0, 0.1) is 5.92 Å². The molecule has 0 spiro atoms. The molecule has 2 unspecified atom stereocenters. The number of hydrogen-bond acceptors (Lipinski definition) is 1. The van der Waals surface area contributed by atoms with Crippen molar-refractivity contribution in [1.29, 1.82) is 0 Å². The van der Waals surface area contributed by atoms with Crippen molar-refractivity contribution in [1.82, 2.24) is 0 Å². The van der Waals surface area contributed by atoms with Crippen LogP contribution in [0.1, 0.15) is 43.4 Å². The predicted octanol–water partition coefficient (Wildman–Crippen LogP) is 3.05. The fraction of sp³-hybridized carbons (Fsp3) is 0.538. The Morgan fingerprint density at radius 3 is 2.79 bits per heavy atom. The minimum Gasteiger partial charge on any atom is -0.324 e. The Kier molecular flexibility index (Phi) is 2.87. The van der Waals surface area contributed by atoms with E-state index < -0.39 is 0 Å². The lowest BCUT2D eigenvalue weighted by Gasteiger charge is -2.22. The molecule has 0 saturated heterocycles. The molecule has 2 N–H and O–H groups in total. The average Bonchev–Trinajstić information content (AvgIpc) is 2.21. The second kappa shape index (κ2) is 4.14. The van der Waals surface area contributed by atoms with E-state index in [1.165, 1.54) is 30.4 Å². The maximum atomic E-state index is 6.18. The van der Waals surface area contributed by atoms with Crippen LogP contribution in [0.5, 0.6) is 0 Å². The first-order valence-electron chi connectivity index (χ1n) is 5.61. The van der Waals surface area contributed by atoms with Gasteiger partial charge in [-0.15, -0.1) is 0 Å². The number of rotatable bonds is 0. The molecule has 0 aliphatic heterocycles. The van der Waals surface area contributed by atoms with Crippen LogP contribution in [0.2, 0.25) is 0 Å². The van der Waals surface area contributed by atoms with Crippen LogP contribution in [-0.4, -0.2) is 0 Å². The zero-order valence-electron chi connectivity index (χ0n) is 8.87. The SMILES string of the molecule is CC1CCc2ccccc2C(N)CC1. The van der Waals surface area contributed by atoms with E-state index in [-0.39, 0.29) is 6.04 Å². The molecule has 0 heterocycles. The first-order valence-corrected chi connectivity index (χ1v) is 5.61. The van der Waals surface area contributed by atoms with Gasteiger partial charge in [-0.2, -0.15) is 0 Å². The van der Waals surface area contributed by atoms with Gasteiger partial charge in [-0.25, -0.2) is 0 Å². The molecule has 1 nitrogen and oxygen atoms in total. The summed E-state index contributed by atoms with van der Waals surface area (Å²) in [7, 11) is 0. The van der Waals surface area contributed by atoms with Gasteiger partial charge < -0.3 is 5.73 Å². The largest absolute Gasteiger partial charge is 0.324 e. The summed E-state index contributed by atoms with van der Waals surface area (Å²) in [6.45, 7) is 2.33. The van der Waals surface area contributed by atoms with Crippen LogP contribution in [0.3, 0.4) is 0 Å². The van der Waals surface area contributed by atoms with Gasteiger partial charge in [0.25, 0.3) is 0 Å². The van der Waals surface area contributed by atoms with E-state index in [4.69, 9.17) is 5.73 Å². The molecule has 0 aromatic heterocycles. The second-order valence-corrected chi connectivity index (χ2v) is 4.53. The van der Waals surface area contributed by atoms with Gasteiger partial charge in [0, 0.05) is 6.04 Å². The molecule has 0 saturated carbocycles. The maximum Gasteiger partial charge on any atom is 0.0297 e. The molecule has 76 valence electrons. The summed E-state index contributed by atoms with van der Waals surface area (Å²) in [5, 5.41) is 0. The molecular formula is C13H19N. The highest BCUT2D eigenvalue weighted by molar-refractivity contribution is 5.30. The summed E-state index contributed by atoms with van der Waals surface area (Å²) in [4.78, 5) is 0. The Morgan fingerprint density at radius 1 is 1.14 bits per heavy atom. The normalized spacial score (nSPS) is 27.6. The quantitative estimate of drug-likeness (QED) is 0.667. The fourth-order valence-corrected chi connectivity index (χ4v) is 2.29. The van der Waals surface area contributed by atoms with Crippen molar-refractivity contribution in [2.75, 3.05) is 0 Å². The third-order valence-corrected chi connectivity index (χ3v) is 3.33. The molecule has 0 fully saturated rings. The summed E-state index contributed by atoms with van der Waals surface area (Å²) in [6, 6.07) is 8.90. The van der Waals surface area contributed by atoms with Crippen molar-refractivity contribution in [3.05, 3.63) is 35.4 Å². The number of fused-ring (bicyclic) bond motifs is 1. The van der Waals surface area contributed by atoms with Crippen LogP contribution < -0.4 is 5.73 Å². The molecule has 1 aromatic rings. The van der Waals surface area contributed by atoms with Crippen molar-refractivity contribution in [2.24, 2.45) is 11.7 Å². The molecule has 0 amide bonds. The average molecular weight is 189 g/mol. The monoisotopic (exact) mass is 189 g/mol. The van der Waals surface area contributed by atoms with Gasteiger partial charge in [0.05, 0.1) is 0 Å². The van der Waals surface area contributed by atoms with E-state index in [1.54, 1.807) is 0 Å². The van der Waals surface area contributed by atoms with Crippen molar-refractivity contribution in [2.45, 2.75) is 38.6 Å². The summed E-state index contributed by atoms with van der Waals surface area (Å²) >= 11 is 0. The van der Waals surface area contributed by atoms with Crippen LogP contribution in [0.25, 0.3) is 0 Å². The van der Waals surface area contributed by atoms with E-state index in [1.807, 2.05) is 0 Å². The van der Waals surface area contributed by atoms with Gasteiger partial charge >= 0.3 is 0 Å². The Hall–Kier alpha value is -0.820. The van der Waals surface area contributed by atoms with Crippen LogP contribution >= 0.6 is 0 Å². The Bertz CT molecular complexity index is 306. The maximum absolute atomic E-state index is 6.18. The molecule has 0 radical (unpaired) electrons. The van der Waals surface area contributed by atoms with E-state index in [0.717, 1.165) is 12.3 Å². The number of aryl methyl sites for hydroxylation is 1. The van der Waals surface area contributed by atoms with E-state index in [9.17, 15) is 0 Å². The number of hydrogen-bond donors (Lipinski definition) is 1. The fourth-order valence-electron chi connectivity index (χ4n) is 2.29. The summed E-state index contributed by atoms with van der Waals surface area (Å²) < 4.78 is 0. The van der Waals surface area contributed by atoms with Crippen LogP contribution in [0.4, 0.5) is 0 Å². The lowest BCUT2D eigenvalue weighted by Crippen LogP contribution is -2.16. The van der Waals surface area contributed by atoms with Crippen molar-refractivity contribution in [3.63, 3.8) is 0 Å². The number of nitrogens with two attached hydrogens (primary N) is 1. The molecule has 2 atom stereocenters. The first kappa shape index (κ1) is 9.72. The highest BCUT2D eigenvalue weighted by Crippen LogP contribution is 2.28. The molecular weight excluding hydrogens is 170 g/mol. The smallest absolute Gasteiger partial charge is 0.0297 e.